The molecule has 0 atom stereocenters. The molecule has 0 saturated heterocycles. The number of carbonyl (C=O) groups excluding carboxylic acids is 1. The van der Waals surface area contributed by atoms with Crippen LogP contribution < -0.4 is 0 Å². The third kappa shape index (κ3) is 2.15. The van der Waals surface area contributed by atoms with Crippen LogP contribution in [0.1, 0.15) is 17.7 Å². The summed E-state index contributed by atoms with van der Waals surface area (Å²) in [6.45, 7) is 2.01. The molecule has 2 nitrogen and oxygen atoms in total. The molecule has 0 aliphatic heterocycles. The second-order valence-corrected chi connectivity index (χ2v) is 2.47. The molecule has 0 fully saturated rings. The Kier molecular flexibility index (Phi) is 2.78. The lowest BCUT2D eigenvalue weighted by Crippen LogP contribution is -1.93. The van der Waals surface area contributed by atoms with Gasteiger partial charge in [-0.1, -0.05) is 6.07 Å². The van der Waals surface area contributed by atoms with Crippen molar-refractivity contribution in [3.05, 3.63) is 29.6 Å². The zero-order valence-corrected chi connectivity index (χ0v) is 6.58. The van der Waals surface area contributed by atoms with E-state index in [1.54, 1.807) is 6.20 Å². The fourth-order valence-electron chi connectivity index (χ4n) is 0.976. The predicted octanol–water partition coefficient (Wildman–Crippen LogP) is 1.52. The van der Waals surface area contributed by atoms with Gasteiger partial charge in [0.25, 0.3) is 0 Å². The highest BCUT2D eigenvalue weighted by molar-refractivity contribution is 5.49. The lowest BCUT2D eigenvalue weighted by molar-refractivity contribution is -0.107. The normalized spacial score (nSPS) is 9.55. The Balaban J connectivity index is 2.69. The third-order valence-corrected chi connectivity index (χ3v) is 1.62. The largest absolute Gasteiger partial charge is 0.303 e. The molecule has 0 amide bonds. The van der Waals surface area contributed by atoms with E-state index in [-0.39, 0.29) is 0 Å². The molecule has 0 saturated carbocycles. The van der Waals surface area contributed by atoms with Gasteiger partial charge < -0.3 is 4.79 Å². The quantitative estimate of drug-likeness (QED) is 0.610. The molecule has 0 spiro atoms. The van der Waals surface area contributed by atoms with Crippen molar-refractivity contribution in [3.63, 3.8) is 0 Å². The van der Waals surface area contributed by atoms with Gasteiger partial charge in [0.05, 0.1) is 0 Å². The van der Waals surface area contributed by atoms with Crippen LogP contribution in [0.15, 0.2) is 18.3 Å². The van der Waals surface area contributed by atoms with E-state index in [0.29, 0.717) is 6.42 Å². The molecule has 0 aliphatic rings. The van der Waals surface area contributed by atoms with E-state index in [4.69, 9.17) is 0 Å². The number of aromatic nitrogens is 1. The minimum absolute atomic E-state index is 0.567. The monoisotopic (exact) mass is 149 g/mol. The van der Waals surface area contributed by atoms with Crippen molar-refractivity contribution in [2.24, 2.45) is 0 Å². The Labute approximate surface area is 66.3 Å². The van der Waals surface area contributed by atoms with Crippen molar-refractivity contribution in [2.75, 3.05) is 0 Å². The maximum Gasteiger partial charge on any atom is 0.120 e. The number of aldehydes is 1. The van der Waals surface area contributed by atoms with Gasteiger partial charge in [-0.05, 0) is 25.0 Å². The molecule has 0 radical (unpaired) electrons. The van der Waals surface area contributed by atoms with E-state index in [1.807, 2.05) is 19.1 Å². The van der Waals surface area contributed by atoms with Crippen LogP contribution in [0.5, 0.6) is 0 Å². The summed E-state index contributed by atoms with van der Waals surface area (Å²) in [7, 11) is 0. The van der Waals surface area contributed by atoms with Crippen molar-refractivity contribution >= 4 is 6.29 Å². The highest BCUT2D eigenvalue weighted by Gasteiger charge is 1.96. The molecular weight excluding hydrogens is 138 g/mol. The van der Waals surface area contributed by atoms with Crippen LogP contribution in [0.2, 0.25) is 0 Å². The first-order valence-corrected chi connectivity index (χ1v) is 3.68. The van der Waals surface area contributed by atoms with E-state index in [1.165, 1.54) is 0 Å². The maximum atomic E-state index is 10.1. The van der Waals surface area contributed by atoms with Crippen molar-refractivity contribution in [1.29, 1.82) is 0 Å². The zero-order valence-electron chi connectivity index (χ0n) is 6.58. The van der Waals surface area contributed by atoms with Crippen molar-refractivity contribution < 1.29 is 4.79 Å². The minimum atomic E-state index is 0.567. The molecule has 1 aromatic rings. The standard InChI is InChI=1S/C9H11NO/c1-8-4-2-6-10-9(8)5-3-7-11/h2,4,6-7H,3,5H2,1H3. The van der Waals surface area contributed by atoms with E-state index >= 15 is 0 Å². The Morgan fingerprint density at radius 1 is 1.64 bits per heavy atom. The molecule has 1 rings (SSSR count). The van der Waals surface area contributed by atoms with Gasteiger partial charge in [0.15, 0.2) is 0 Å². The van der Waals surface area contributed by atoms with Crippen LogP contribution in [-0.2, 0) is 11.2 Å². The Hall–Kier alpha value is -1.18. The van der Waals surface area contributed by atoms with Gasteiger partial charge in [-0.2, -0.15) is 0 Å². The zero-order chi connectivity index (χ0) is 8.10. The summed E-state index contributed by atoms with van der Waals surface area (Å²) in [6, 6.07) is 3.91. The summed E-state index contributed by atoms with van der Waals surface area (Å²) in [5.74, 6) is 0. The van der Waals surface area contributed by atoms with Gasteiger partial charge in [0.1, 0.15) is 6.29 Å². The van der Waals surface area contributed by atoms with Gasteiger partial charge in [-0.15, -0.1) is 0 Å². The van der Waals surface area contributed by atoms with E-state index in [2.05, 4.69) is 4.98 Å². The average Bonchev–Trinajstić information content (AvgIpc) is 2.03. The number of pyridine rings is 1. The maximum absolute atomic E-state index is 10.1. The lowest BCUT2D eigenvalue weighted by Gasteiger charge is -1.99. The van der Waals surface area contributed by atoms with Crippen LogP contribution in [0.25, 0.3) is 0 Å². The topological polar surface area (TPSA) is 30.0 Å². The van der Waals surface area contributed by atoms with Gasteiger partial charge in [0.2, 0.25) is 0 Å². The first-order valence-electron chi connectivity index (χ1n) is 3.68. The highest BCUT2D eigenvalue weighted by Crippen LogP contribution is 2.04. The average molecular weight is 149 g/mol. The second kappa shape index (κ2) is 3.86. The molecule has 1 heterocycles. The summed E-state index contributed by atoms with van der Waals surface area (Å²) >= 11 is 0. The fraction of sp³-hybridized carbons (Fsp3) is 0.333. The van der Waals surface area contributed by atoms with Crippen molar-refractivity contribution in [2.45, 2.75) is 19.8 Å². The smallest absolute Gasteiger partial charge is 0.120 e. The molecule has 11 heavy (non-hydrogen) atoms. The molecule has 0 aromatic carbocycles. The van der Waals surface area contributed by atoms with Crippen molar-refractivity contribution in [1.82, 2.24) is 4.98 Å². The highest BCUT2D eigenvalue weighted by atomic mass is 16.1. The molecule has 0 N–H and O–H groups in total. The van der Waals surface area contributed by atoms with Crippen LogP contribution >= 0.6 is 0 Å². The molecule has 58 valence electrons. The number of nitrogens with zero attached hydrogens (tertiary/aromatic N) is 1. The van der Waals surface area contributed by atoms with E-state index in [9.17, 15) is 4.79 Å². The molecule has 0 bridgehead atoms. The van der Waals surface area contributed by atoms with Crippen LogP contribution in [-0.4, -0.2) is 11.3 Å². The number of hydrogen-bond acceptors (Lipinski definition) is 2. The molecule has 0 unspecified atom stereocenters. The van der Waals surface area contributed by atoms with E-state index < -0.39 is 0 Å². The first kappa shape index (κ1) is 7.92. The van der Waals surface area contributed by atoms with Crippen LogP contribution in [0.3, 0.4) is 0 Å². The molecule has 2 heteroatoms. The number of hydrogen-bond donors (Lipinski definition) is 0. The Morgan fingerprint density at radius 3 is 3.09 bits per heavy atom. The predicted molar refractivity (Wildman–Crippen MR) is 43.4 cm³/mol. The minimum Gasteiger partial charge on any atom is -0.303 e. The summed E-state index contributed by atoms with van der Waals surface area (Å²) in [4.78, 5) is 14.2. The van der Waals surface area contributed by atoms with Crippen LogP contribution in [0.4, 0.5) is 0 Å². The summed E-state index contributed by atoms with van der Waals surface area (Å²) in [5.41, 5.74) is 2.19. The SMILES string of the molecule is Cc1cccnc1CCC=O. The summed E-state index contributed by atoms with van der Waals surface area (Å²) < 4.78 is 0. The summed E-state index contributed by atoms with van der Waals surface area (Å²) in [5, 5.41) is 0. The van der Waals surface area contributed by atoms with Gasteiger partial charge >= 0.3 is 0 Å². The molecular formula is C9H11NO. The van der Waals surface area contributed by atoms with Gasteiger partial charge in [-0.25, -0.2) is 0 Å². The van der Waals surface area contributed by atoms with Crippen molar-refractivity contribution in [3.8, 4) is 0 Å². The Morgan fingerprint density at radius 2 is 2.45 bits per heavy atom. The molecule has 1 aromatic heterocycles. The van der Waals surface area contributed by atoms with Crippen LogP contribution in [0, 0.1) is 6.92 Å². The summed E-state index contributed by atoms with van der Waals surface area (Å²) in [6.07, 6.45) is 4.01. The number of aryl methyl sites for hydroxylation is 2. The lowest BCUT2D eigenvalue weighted by atomic mass is 10.1. The van der Waals surface area contributed by atoms with Gasteiger partial charge in [0, 0.05) is 18.3 Å². The number of carbonyl (C=O) groups is 1. The number of rotatable bonds is 3. The van der Waals surface area contributed by atoms with E-state index in [0.717, 1.165) is 24.0 Å². The fourth-order valence-corrected chi connectivity index (χ4v) is 0.976. The first-order chi connectivity index (χ1) is 5.34. The third-order valence-electron chi connectivity index (χ3n) is 1.62. The molecule has 0 aliphatic carbocycles. The Bertz CT molecular complexity index is 245. The second-order valence-electron chi connectivity index (χ2n) is 2.47. The van der Waals surface area contributed by atoms with Gasteiger partial charge in [-0.3, -0.25) is 4.98 Å².